The highest BCUT2D eigenvalue weighted by Gasteiger charge is 2.09. The third kappa shape index (κ3) is 4.49. The fourth-order valence-corrected chi connectivity index (χ4v) is 3.22. The first-order valence-electron chi connectivity index (χ1n) is 7.88. The average molecular weight is 337 g/mol. The Labute approximate surface area is 145 Å². The zero-order valence-corrected chi connectivity index (χ0v) is 14.3. The van der Waals surface area contributed by atoms with Crippen LogP contribution >= 0.6 is 11.3 Å². The summed E-state index contributed by atoms with van der Waals surface area (Å²) in [5.74, 6) is -0.0321. The zero-order chi connectivity index (χ0) is 16.8. The van der Waals surface area contributed by atoms with Gasteiger partial charge in [-0.25, -0.2) is 4.98 Å². The van der Waals surface area contributed by atoms with Crippen LogP contribution in [0.4, 0.5) is 5.69 Å². The summed E-state index contributed by atoms with van der Waals surface area (Å²) >= 11 is 1.61. The Hall–Kier alpha value is -2.53. The number of thiazole rings is 1. The molecule has 0 spiro atoms. The Balaban J connectivity index is 1.54. The molecule has 1 amide bonds. The van der Waals surface area contributed by atoms with Gasteiger partial charge in [0, 0.05) is 29.9 Å². The van der Waals surface area contributed by atoms with Gasteiger partial charge in [0.05, 0.1) is 17.1 Å². The SMILES string of the molecule is Cc1ccccc1NC(=O)Cc1csc(CCc2ccncc2)n1. The Morgan fingerprint density at radius 2 is 1.92 bits per heavy atom. The van der Waals surface area contributed by atoms with Crippen LogP contribution in [-0.4, -0.2) is 15.9 Å². The van der Waals surface area contributed by atoms with E-state index in [9.17, 15) is 4.79 Å². The molecule has 0 saturated carbocycles. The molecule has 5 heteroatoms. The van der Waals surface area contributed by atoms with Gasteiger partial charge in [-0.15, -0.1) is 11.3 Å². The number of para-hydroxylation sites is 1. The second-order valence-electron chi connectivity index (χ2n) is 5.63. The number of benzene rings is 1. The van der Waals surface area contributed by atoms with Crippen molar-refractivity contribution in [3.05, 3.63) is 76.0 Å². The summed E-state index contributed by atoms with van der Waals surface area (Å²) in [5, 5.41) is 5.98. The number of pyridine rings is 1. The fraction of sp³-hybridized carbons (Fsp3) is 0.211. The van der Waals surface area contributed by atoms with Gasteiger partial charge in [-0.2, -0.15) is 0 Å². The lowest BCUT2D eigenvalue weighted by Crippen LogP contribution is -2.15. The number of anilines is 1. The molecule has 3 rings (SSSR count). The molecule has 24 heavy (non-hydrogen) atoms. The molecule has 4 nitrogen and oxygen atoms in total. The molecule has 0 aliphatic rings. The molecular formula is C19H19N3OS. The van der Waals surface area contributed by atoms with Gasteiger partial charge in [0.25, 0.3) is 0 Å². The maximum Gasteiger partial charge on any atom is 0.230 e. The van der Waals surface area contributed by atoms with E-state index in [1.165, 1.54) is 5.56 Å². The molecule has 1 N–H and O–H groups in total. The molecular weight excluding hydrogens is 318 g/mol. The van der Waals surface area contributed by atoms with Crippen LogP contribution in [0.15, 0.2) is 54.2 Å². The number of carbonyl (C=O) groups is 1. The first-order valence-corrected chi connectivity index (χ1v) is 8.76. The first-order chi connectivity index (χ1) is 11.7. The van der Waals surface area contributed by atoms with Crippen LogP contribution in [0.25, 0.3) is 0 Å². The summed E-state index contributed by atoms with van der Waals surface area (Å²) in [6.07, 6.45) is 5.73. The predicted octanol–water partition coefficient (Wildman–Crippen LogP) is 3.81. The summed E-state index contributed by atoms with van der Waals surface area (Å²) in [5.41, 5.74) is 3.99. The monoisotopic (exact) mass is 337 g/mol. The van der Waals surface area contributed by atoms with Gasteiger partial charge >= 0.3 is 0 Å². The van der Waals surface area contributed by atoms with E-state index in [2.05, 4.69) is 15.3 Å². The Morgan fingerprint density at radius 3 is 2.71 bits per heavy atom. The van der Waals surface area contributed by atoms with Gasteiger partial charge in [0.15, 0.2) is 0 Å². The number of hydrogen-bond acceptors (Lipinski definition) is 4. The number of amides is 1. The quantitative estimate of drug-likeness (QED) is 0.744. The van der Waals surface area contributed by atoms with E-state index in [1.54, 1.807) is 23.7 Å². The standard InChI is InChI=1S/C19H19N3OS/c1-14-4-2-3-5-17(14)22-18(23)12-16-13-24-19(21-16)7-6-15-8-10-20-11-9-15/h2-5,8-11,13H,6-7,12H2,1H3,(H,22,23). The molecule has 2 aromatic heterocycles. The number of rotatable bonds is 6. The van der Waals surface area contributed by atoms with Crippen molar-refractivity contribution in [2.75, 3.05) is 5.32 Å². The van der Waals surface area contributed by atoms with Crippen molar-refractivity contribution in [2.24, 2.45) is 0 Å². The van der Waals surface area contributed by atoms with Gasteiger partial charge in [0.1, 0.15) is 0 Å². The molecule has 0 unspecified atom stereocenters. The van der Waals surface area contributed by atoms with Gasteiger partial charge in [-0.3, -0.25) is 9.78 Å². The lowest BCUT2D eigenvalue weighted by molar-refractivity contribution is -0.115. The maximum atomic E-state index is 12.2. The topological polar surface area (TPSA) is 54.9 Å². The van der Waals surface area contributed by atoms with Crippen LogP contribution in [0, 0.1) is 6.92 Å². The second kappa shape index (κ2) is 7.84. The van der Waals surface area contributed by atoms with Crippen molar-refractivity contribution < 1.29 is 4.79 Å². The Kier molecular flexibility index (Phi) is 5.33. The highest BCUT2D eigenvalue weighted by molar-refractivity contribution is 7.09. The molecule has 0 aliphatic carbocycles. The van der Waals surface area contributed by atoms with Crippen molar-refractivity contribution in [2.45, 2.75) is 26.2 Å². The summed E-state index contributed by atoms with van der Waals surface area (Å²) in [7, 11) is 0. The average Bonchev–Trinajstić information content (AvgIpc) is 3.03. The second-order valence-corrected chi connectivity index (χ2v) is 6.57. The van der Waals surface area contributed by atoms with E-state index < -0.39 is 0 Å². The van der Waals surface area contributed by atoms with Gasteiger partial charge in [-0.05, 0) is 42.7 Å². The number of aryl methyl sites for hydroxylation is 3. The number of hydrogen-bond donors (Lipinski definition) is 1. The van der Waals surface area contributed by atoms with Crippen LogP contribution in [0.1, 0.15) is 21.8 Å². The summed E-state index contributed by atoms with van der Waals surface area (Å²) in [6, 6.07) is 11.8. The van der Waals surface area contributed by atoms with Crippen molar-refractivity contribution in [3.8, 4) is 0 Å². The van der Waals surface area contributed by atoms with E-state index in [1.807, 2.05) is 48.7 Å². The summed E-state index contributed by atoms with van der Waals surface area (Å²) < 4.78 is 0. The molecule has 0 radical (unpaired) electrons. The number of carbonyl (C=O) groups excluding carboxylic acids is 1. The molecule has 1 aromatic carbocycles. The van der Waals surface area contributed by atoms with E-state index >= 15 is 0 Å². The summed E-state index contributed by atoms with van der Waals surface area (Å²) in [6.45, 7) is 1.98. The van der Waals surface area contributed by atoms with Crippen LogP contribution < -0.4 is 5.32 Å². The minimum atomic E-state index is -0.0321. The van der Waals surface area contributed by atoms with E-state index in [-0.39, 0.29) is 5.91 Å². The zero-order valence-electron chi connectivity index (χ0n) is 13.5. The molecule has 2 heterocycles. The lowest BCUT2D eigenvalue weighted by Gasteiger charge is -2.06. The lowest BCUT2D eigenvalue weighted by atomic mass is 10.1. The predicted molar refractivity (Wildman–Crippen MR) is 97.3 cm³/mol. The van der Waals surface area contributed by atoms with E-state index in [0.717, 1.165) is 34.8 Å². The Bertz CT molecular complexity index is 814. The summed E-state index contributed by atoms with van der Waals surface area (Å²) in [4.78, 5) is 20.8. The maximum absolute atomic E-state index is 12.2. The highest BCUT2D eigenvalue weighted by Crippen LogP contribution is 2.16. The molecule has 0 bridgehead atoms. The minimum Gasteiger partial charge on any atom is -0.326 e. The smallest absolute Gasteiger partial charge is 0.230 e. The van der Waals surface area contributed by atoms with Crippen molar-refractivity contribution in [3.63, 3.8) is 0 Å². The normalized spacial score (nSPS) is 10.5. The molecule has 0 fully saturated rings. The van der Waals surface area contributed by atoms with Gasteiger partial charge in [0.2, 0.25) is 5.91 Å². The van der Waals surface area contributed by atoms with Gasteiger partial charge < -0.3 is 5.32 Å². The molecule has 0 aliphatic heterocycles. The highest BCUT2D eigenvalue weighted by atomic mass is 32.1. The third-order valence-electron chi connectivity index (χ3n) is 3.74. The number of nitrogens with one attached hydrogen (secondary N) is 1. The first kappa shape index (κ1) is 16.3. The number of aromatic nitrogens is 2. The van der Waals surface area contributed by atoms with Crippen LogP contribution in [0.3, 0.4) is 0 Å². The molecule has 122 valence electrons. The Morgan fingerprint density at radius 1 is 1.12 bits per heavy atom. The molecule has 0 atom stereocenters. The number of nitrogens with zero attached hydrogens (tertiary/aromatic N) is 2. The van der Waals surface area contributed by atoms with Crippen LogP contribution in [-0.2, 0) is 24.1 Å². The van der Waals surface area contributed by atoms with Crippen LogP contribution in [0.5, 0.6) is 0 Å². The van der Waals surface area contributed by atoms with Crippen molar-refractivity contribution in [1.29, 1.82) is 0 Å². The molecule has 3 aromatic rings. The van der Waals surface area contributed by atoms with E-state index in [4.69, 9.17) is 0 Å². The largest absolute Gasteiger partial charge is 0.326 e. The van der Waals surface area contributed by atoms with E-state index in [0.29, 0.717) is 6.42 Å². The minimum absolute atomic E-state index is 0.0321. The van der Waals surface area contributed by atoms with Gasteiger partial charge in [-0.1, -0.05) is 18.2 Å². The third-order valence-corrected chi connectivity index (χ3v) is 4.69. The fourth-order valence-electron chi connectivity index (χ4n) is 2.42. The molecule has 0 saturated heterocycles. The van der Waals surface area contributed by atoms with Crippen molar-refractivity contribution in [1.82, 2.24) is 9.97 Å². The van der Waals surface area contributed by atoms with Crippen LogP contribution in [0.2, 0.25) is 0 Å². The van der Waals surface area contributed by atoms with Crippen molar-refractivity contribution >= 4 is 22.9 Å².